The number of nitrogens with one attached hydrogen (secondary N) is 2. The van der Waals surface area contributed by atoms with E-state index in [1.807, 2.05) is 56.3 Å². The van der Waals surface area contributed by atoms with Crippen LogP contribution >= 0.6 is 23.2 Å². The maximum absolute atomic E-state index is 12.4. The summed E-state index contributed by atoms with van der Waals surface area (Å²) >= 11 is 12.0. The third-order valence-electron chi connectivity index (χ3n) is 4.11. The summed E-state index contributed by atoms with van der Waals surface area (Å²) in [5.74, 6) is 0.478. The first-order valence-electron chi connectivity index (χ1n) is 8.54. The average molecular weight is 403 g/mol. The fourth-order valence-corrected chi connectivity index (χ4v) is 2.99. The number of benzene rings is 2. The van der Waals surface area contributed by atoms with Gasteiger partial charge in [-0.15, -0.1) is 0 Å². The predicted octanol–water partition coefficient (Wildman–Crippen LogP) is 4.78. The van der Waals surface area contributed by atoms with Crippen LogP contribution in [0.4, 0.5) is 5.82 Å². The van der Waals surface area contributed by atoms with E-state index in [0.717, 1.165) is 16.9 Å². The molecule has 1 amide bonds. The molecule has 0 bridgehead atoms. The van der Waals surface area contributed by atoms with Crippen molar-refractivity contribution in [1.82, 2.24) is 15.1 Å². The maximum Gasteiger partial charge on any atom is 0.239 e. The Hall–Kier alpha value is -2.34. The van der Waals surface area contributed by atoms with Crippen molar-refractivity contribution >= 4 is 34.9 Å². The molecule has 2 aromatic carbocycles. The first-order valence-corrected chi connectivity index (χ1v) is 9.30. The van der Waals surface area contributed by atoms with E-state index in [9.17, 15) is 4.79 Å². The van der Waals surface area contributed by atoms with Crippen molar-refractivity contribution < 1.29 is 4.79 Å². The van der Waals surface area contributed by atoms with Crippen LogP contribution in [-0.4, -0.2) is 22.2 Å². The summed E-state index contributed by atoms with van der Waals surface area (Å²) in [6.45, 7) is 4.01. The van der Waals surface area contributed by atoms with Crippen LogP contribution in [-0.2, 0) is 4.79 Å². The van der Waals surface area contributed by atoms with Crippen molar-refractivity contribution in [2.24, 2.45) is 0 Å². The standard InChI is InChI=1S/C20H20Cl2N4O/c1-13-10-19(26(25-13)16-6-4-3-5-7-16)24-20(27)12-23-14(2)15-8-9-17(21)18(22)11-15/h3-11,14,23H,12H2,1-2H3,(H,24,27). The molecule has 1 aromatic heterocycles. The lowest BCUT2D eigenvalue weighted by molar-refractivity contribution is -0.115. The van der Waals surface area contributed by atoms with E-state index < -0.39 is 0 Å². The van der Waals surface area contributed by atoms with Crippen molar-refractivity contribution in [3.05, 3.63) is 75.9 Å². The zero-order valence-corrected chi connectivity index (χ0v) is 16.6. The Morgan fingerprint density at radius 3 is 2.56 bits per heavy atom. The van der Waals surface area contributed by atoms with Crippen molar-refractivity contribution in [3.63, 3.8) is 0 Å². The monoisotopic (exact) mass is 402 g/mol. The number of aryl methyl sites for hydroxylation is 1. The highest BCUT2D eigenvalue weighted by Gasteiger charge is 2.13. The number of carbonyl (C=O) groups excluding carboxylic acids is 1. The van der Waals surface area contributed by atoms with Gasteiger partial charge in [0, 0.05) is 12.1 Å². The SMILES string of the molecule is Cc1cc(NC(=O)CNC(C)c2ccc(Cl)c(Cl)c2)n(-c2ccccc2)n1. The van der Waals surface area contributed by atoms with Gasteiger partial charge in [0.1, 0.15) is 5.82 Å². The fraction of sp³-hybridized carbons (Fsp3) is 0.200. The van der Waals surface area contributed by atoms with Gasteiger partial charge in [-0.05, 0) is 43.7 Å². The van der Waals surface area contributed by atoms with Gasteiger partial charge in [-0.25, -0.2) is 4.68 Å². The number of para-hydroxylation sites is 1. The van der Waals surface area contributed by atoms with E-state index >= 15 is 0 Å². The van der Waals surface area contributed by atoms with E-state index in [1.54, 1.807) is 16.8 Å². The van der Waals surface area contributed by atoms with Gasteiger partial charge in [0.25, 0.3) is 0 Å². The largest absolute Gasteiger partial charge is 0.309 e. The number of hydrogen-bond donors (Lipinski definition) is 2. The average Bonchev–Trinajstić information content (AvgIpc) is 3.02. The number of amides is 1. The molecule has 0 spiro atoms. The minimum atomic E-state index is -0.154. The molecule has 1 unspecified atom stereocenters. The molecule has 2 N–H and O–H groups in total. The molecule has 27 heavy (non-hydrogen) atoms. The van der Waals surface area contributed by atoms with Crippen molar-refractivity contribution in [2.75, 3.05) is 11.9 Å². The Labute approximate surface area is 168 Å². The smallest absolute Gasteiger partial charge is 0.239 e. The Morgan fingerprint density at radius 1 is 1.11 bits per heavy atom. The van der Waals surface area contributed by atoms with Gasteiger partial charge < -0.3 is 10.6 Å². The molecule has 5 nitrogen and oxygen atoms in total. The zero-order valence-electron chi connectivity index (χ0n) is 15.0. The summed E-state index contributed by atoms with van der Waals surface area (Å²) in [5, 5.41) is 11.6. The lowest BCUT2D eigenvalue weighted by Crippen LogP contribution is -2.30. The minimum Gasteiger partial charge on any atom is -0.309 e. The van der Waals surface area contributed by atoms with Crippen LogP contribution in [0.25, 0.3) is 5.69 Å². The number of anilines is 1. The Bertz CT molecular complexity index is 940. The van der Waals surface area contributed by atoms with Gasteiger partial charge in [-0.2, -0.15) is 5.10 Å². The van der Waals surface area contributed by atoms with Crippen LogP contribution in [0.5, 0.6) is 0 Å². The Balaban J connectivity index is 1.64. The molecule has 0 aliphatic rings. The minimum absolute atomic E-state index is 0.0497. The zero-order chi connectivity index (χ0) is 19.4. The van der Waals surface area contributed by atoms with Crippen LogP contribution < -0.4 is 10.6 Å². The molecule has 0 saturated heterocycles. The van der Waals surface area contributed by atoms with E-state index in [0.29, 0.717) is 15.9 Å². The fourth-order valence-electron chi connectivity index (χ4n) is 2.69. The van der Waals surface area contributed by atoms with Crippen molar-refractivity contribution in [2.45, 2.75) is 19.9 Å². The second-order valence-corrected chi connectivity index (χ2v) is 7.06. The first kappa shape index (κ1) is 19.4. The number of hydrogen-bond acceptors (Lipinski definition) is 3. The van der Waals surface area contributed by atoms with Crippen LogP contribution in [0.3, 0.4) is 0 Å². The van der Waals surface area contributed by atoms with Crippen LogP contribution in [0.15, 0.2) is 54.6 Å². The third kappa shape index (κ3) is 4.89. The highest BCUT2D eigenvalue weighted by molar-refractivity contribution is 6.42. The molecule has 1 heterocycles. The number of rotatable bonds is 6. The molecule has 7 heteroatoms. The molecule has 0 fully saturated rings. The lowest BCUT2D eigenvalue weighted by Gasteiger charge is -2.15. The van der Waals surface area contributed by atoms with Crippen LogP contribution in [0, 0.1) is 6.92 Å². The van der Waals surface area contributed by atoms with Gasteiger partial charge in [0.15, 0.2) is 0 Å². The predicted molar refractivity (Wildman–Crippen MR) is 110 cm³/mol. The van der Waals surface area contributed by atoms with Gasteiger partial charge in [0.2, 0.25) is 5.91 Å². The normalized spacial score (nSPS) is 12.0. The van der Waals surface area contributed by atoms with E-state index in [4.69, 9.17) is 23.2 Å². The quantitative estimate of drug-likeness (QED) is 0.623. The van der Waals surface area contributed by atoms with E-state index in [1.165, 1.54) is 0 Å². The number of nitrogens with zero attached hydrogens (tertiary/aromatic N) is 2. The summed E-state index contributed by atoms with van der Waals surface area (Å²) in [4.78, 5) is 12.4. The van der Waals surface area contributed by atoms with Crippen molar-refractivity contribution in [1.29, 1.82) is 0 Å². The topological polar surface area (TPSA) is 59.0 Å². The van der Waals surface area contributed by atoms with Crippen molar-refractivity contribution in [3.8, 4) is 5.69 Å². The number of aromatic nitrogens is 2. The molecule has 0 aliphatic carbocycles. The van der Waals surface area contributed by atoms with Crippen LogP contribution in [0.2, 0.25) is 10.0 Å². The molecule has 140 valence electrons. The van der Waals surface area contributed by atoms with Crippen LogP contribution in [0.1, 0.15) is 24.2 Å². The first-order chi connectivity index (χ1) is 12.9. The molecule has 1 atom stereocenters. The summed E-state index contributed by atoms with van der Waals surface area (Å²) in [5.41, 5.74) is 2.67. The number of carbonyl (C=O) groups is 1. The summed E-state index contributed by atoms with van der Waals surface area (Å²) < 4.78 is 1.72. The van der Waals surface area contributed by atoms with Gasteiger partial charge >= 0.3 is 0 Å². The Morgan fingerprint density at radius 2 is 1.85 bits per heavy atom. The number of halogens is 2. The lowest BCUT2D eigenvalue weighted by atomic mass is 10.1. The molecular formula is C20H20Cl2N4O. The molecule has 0 aliphatic heterocycles. The molecular weight excluding hydrogens is 383 g/mol. The summed E-state index contributed by atoms with van der Waals surface area (Å²) in [6, 6.07) is 16.9. The second-order valence-electron chi connectivity index (χ2n) is 6.24. The van der Waals surface area contributed by atoms with E-state index in [2.05, 4.69) is 15.7 Å². The maximum atomic E-state index is 12.4. The highest BCUT2D eigenvalue weighted by Crippen LogP contribution is 2.25. The highest BCUT2D eigenvalue weighted by atomic mass is 35.5. The molecule has 3 aromatic rings. The summed E-state index contributed by atoms with van der Waals surface area (Å²) in [6.07, 6.45) is 0. The second kappa shape index (κ2) is 8.57. The van der Waals surface area contributed by atoms with E-state index in [-0.39, 0.29) is 18.5 Å². The summed E-state index contributed by atoms with van der Waals surface area (Å²) in [7, 11) is 0. The van der Waals surface area contributed by atoms with Gasteiger partial charge in [-0.3, -0.25) is 4.79 Å². The molecule has 3 rings (SSSR count). The molecule has 0 saturated carbocycles. The van der Waals surface area contributed by atoms with Gasteiger partial charge in [0.05, 0.1) is 28.0 Å². The third-order valence-corrected chi connectivity index (χ3v) is 4.85. The molecule has 0 radical (unpaired) electrons. The Kier molecular flexibility index (Phi) is 6.16. The van der Waals surface area contributed by atoms with Gasteiger partial charge in [-0.1, -0.05) is 47.5 Å².